The Bertz CT molecular complexity index is 1270. The van der Waals surface area contributed by atoms with E-state index in [2.05, 4.69) is 0 Å². The Labute approximate surface area is 213 Å². The van der Waals surface area contributed by atoms with Gasteiger partial charge in [0.25, 0.3) is 10.0 Å². The minimum absolute atomic E-state index is 0.0712. The number of aryl methyl sites for hydroxylation is 1. The summed E-state index contributed by atoms with van der Waals surface area (Å²) >= 11 is 0. The van der Waals surface area contributed by atoms with Crippen molar-refractivity contribution in [3.8, 4) is 17.2 Å². The number of hydrogen-bond acceptors (Lipinski definition) is 6. The van der Waals surface area contributed by atoms with Gasteiger partial charge in [0.05, 0.1) is 31.4 Å². The summed E-state index contributed by atoms with van der Waals surface area (Å²) in [5.41, 5.74) is 2.20. The molecule has 0 aromatic heterocycles. The van der Waals surface area contributed by atoms with E-state index in [1.807, 2.05) is 32.0 Å². The summed E-state index contributed by atoms with van der Waals surface area (Å²) in [4.78, 5) is 14.8. The Morgan fingerprint density at radius 3 is 2.11 bits per heavy atom. The van der Waals surface area contributed by atoms with Crippen molar-refractivity contribution in [1.82, 2.24) is 4.90 Å². The molecular weight excluding hydrogens is 480 g/mol. The second kappa shape index (κ2) is 11.8. The summed E-state index contributed by atoms with van der Waals surface area (Å²) in [5, 5.41) is 0. The first-order valence-electron chi connectivity index (χ1n) is 11.5. The average Bonchev–Trinajstić information content (AvgIpc) is 2.88. The third-order valence-corrected chi connectivity index (χ3v) is 7.41. The van der Waals surface area contributed by atoms with Gasteiger partial charge in [-0.05, 0) is 67.9 Å². The van der Waals surface area contributed by atoms with Gasteiger partial charge in [0.1, 0.15) is 12.3 Å². The van der Waals surface area contributed by atoms with Crippen molar-refractivity contribution >= 4 is 21.6 Å². The maximum atomic E-state index is 13.6. The number of sulfonamides is 1. The van der Waals surface area contributed by atoms with Gasteiger partial charge in [-0.25, -0.2) is 8.42 Å². The molecule has 9 heteroatoms. The molecule has 0 saturated heterocycles. The molecule has 0 radical (unpaired) electrons. The number of likely N-dealkylation sites (N-methyl/N-ethyl adjacent to an activating group) is 1. The fraction of sp³-hybridized carbons (Fsp3) is 0.296. The van der Waals surface area contributed by atoms with Gasteiger partial charge in [-0.15, -0.1) is 0 Å². The lowest BCUT2D eigenvalue weighted by Crippen LogP contribution is -2.41. The smallest absolute Gasteiger partial charge is 0.264 e. The summed E-state index contributed by atoms with van der Waals surface area (Å²) in [7, 11) is 0.705. The van der Waals surface area contributed by atoms with Crippen LogP contribution in [0.3, 0.4) is 0 Å². The molecule has 0 atom stereocenters. The topological polar surface area (TPSA) is 85.4 Å². The van der Waals surface area contributed by atoms with E-state index in [9.17, 15) is 13.2 Å². The number of nitrogens with zero attached hydrogens (tertiary/aromatic N) is 2. The zero-order valence-corrected chi connectivity index (χ0v) is 22.0. The quantitative estimate of drug-likeness (QED) is 0.382. The van der Waals surface area contributed by atoms with Crippen LogP contribution in [-0.2, 0) is 21.4 Å². The number of benzene rings is 3. The lowest BCUT2D eigenvalue weighted by atomic mass is 10.2. The molecule has 1 amide bonds. The van der Waals surface area contributed by atoms with Crippen molar-refractivity contribution < 1.29 is 27.4 Å². The maximum absolute atomic E-state index is 13.6. The van der Waals surface area contributed by atoms with Crippen molar-refractivity contribution in [1.29, 1.82) is 0 Å². The van der Waals surface area contributed by atoms with Crippen molar-refractivity contribution in [2.75, 3.05) is 38.7 Å². The van der Waals surface area contributed by atoms with E-state index >= 15 is 0 Å². The van der Waals surface area contributed by atoms with Crippen molar-refractivity contribution in [3.05, 3.63) is 77.9 Å². The maximum Gasteiger partial charge on any atom is 0.264 e. The van der Waals surface area contributed by atoms with Crippen LogP contribution in [0.4, 0.5) is 5.69 Å². The fourth-order valence-electron chi connectivity index (χ4n) is 3.61. The molecule has 0 aliphatic carbocycles. The molecule has 0 spiro atoms. The highest BCUT2D eigenvalue weighted by Crippen LogP contribution is 2.29. The normalized spacial score (nSPS) is 11.0. The highest BCUT2D eigenvalue weighted by molar-refractivity contribution is 7.92. The fourth-order valence-corrected chi connectivity index (χ4v) is 5.03. The Kier molecular flexibility index (Phi) is 8.82. The molecule has 0 saturated carbocycles. The second-order valence-electron chi connectivity index (χ2n) is 8.19. The molecule has 36 heavy (non-hydrogen) atoms. The van der Waals surface area contributed by atoms with Crippen LogP contribution in [0.5, 0.6) is 17.2 Å². The molecule has 3 rings (SSSR count). The molecule has 0 N–H and O–H groups in total. The summed E-state index contributed by atoms with van der Waals surface area (Å²) in [5.74, 6) is 1.35. The molecular formula is C27H32N2O6S. The van der Waals surface area contributed by atoms with E-state index in [0.29, 0.717) is 29.5 Å². The van der Waals surface area contributed by atoms with Crippen LogP contribution < -0.4 is 18.5 Å². The van der Waals surface area contributed by atoms with E-state index in [1.54, 1.807) is 57.7 Å². The minimum Gasteiger partial charge on any atom is -0.494 e. The van der Waals surface area contributed by atoms with Gasteiger partial charge in [0.15, 0.2) is 11.5 Å². The molecule has 0 bridgehead atoms. The van der Waals surface area contributed by atoms with Crippen LogP contribution in [0.15, 0.2) is 71.6 Å². The highest BCUT2D eigenvalue weighted by Gasteiger charge is 2.28. The first-order chi connectivity index (χ1) is 17.2. The first kappa shape index (κ1) is 26.9. The van der Waals surface area contributed by atoms with Gasteiger partial charge in [0.2, 0.25) is 5.91 Å². The predicted molar refractivity (Wildman–Crippen MR) is 139 cm³/mol. The number of hydrogen-bond donors (Lipinski definition) is 0. The number of ether oxygens (including phenoxy) is 3. The Hall–Kier alpha value is -3.72. The van der Waals surface area contributed by atoms with Crippen LogP contribution in [0.25, 0.3) is 0 Å². The van der Waals surface area contributed by atoms with Crippen LogP contribution >= 0.6 is 0 Å². The Balaban J connectivity index is 1.87. The third-order valence-electron chi connectivity index (χ3n) is 5.62. The molecule has 3 aromatic carbocycles. The van der Waals surface area contributed by atoms with E-state index in [-0.39, 0.29) is 23.9 Å². The molecule has 3 aromatic rings. The van der Waals surface area contributed by atoms with Crippen LogP contribution in [-0.4, -0.2) is 53.6 Å². The standard InChI is InChI=1S/C27H32N2O6S/c1-6-35-23-12-14-24(15-13-23)36(31,32)29(22-10-7-20(2)8-11-22)19-27(30)28(3)18-21-9-16-25(33-4)26(17-21)34-5/h7-17H,6,18-19H2,1-5H3. The van der Waals surface area contributed by atoms with E-state index in [0.717, 1.165) is 15.4 Å². The molecule has 0 aliphatic heterocycles. The van der Waals surface area contributed by atoms with Gasteiger partial charge in [-0.3, -0.25) is 9.10 Å². The number of rotatable bonds is 11. The summed E-state index contributed by atoms with van der Waals surface area (Å²) in [6.45, 7) is 4.15. The van der Waals surface area contributed by atoms with Crippen LogP contribution in [0.1, 0.15) is 18.1 Å². The molecule has 0 fully saturated rings. The molecule has 0 heterocycles. The van der Waals surface area contributed by atoms with Crippen molar-refractivity contribution in [2.45, 2.75) is 25.3 Å². The van der Waals surface area contributed by atoms with Gasteiger partial charge in [-0.1, -0.05) is 23.8 Å². The summed E-state index contributed by atoms with van der Waals surface area (Å²) in [6, 6.07) is 18.6. The SMILES string of the molecule is CCOc1ccc(S(=O)(=O)N(CC(=O)N(C)Cc2ccc(OC)c(OC)c2)c2ccc(C)cc2)cc1. The monoisotopic (exact) mass is 512 g/mol. The summed E-state index contributed by atoms with van der Waals surface area (Å²) in [6.07, 6.45) is 0. The van der Waals surface area contributed by atoms with Gasteiger partial charge in [-0.2, -0.15) is 0 Å². The van der Waals surface area contributed by atoms with Crippen molar-refractivity contribution in [2.24, 2.45) is 0 Å². The second-order valence-corrected chi connectivity index (χ2v) is 10.1. The third kappa shape index (κ3) is 6.28. The zero-order valence-electron chi connectivity index (χ0n) is 21.2. The van der Waals surface area contributed by atoms with Gasteiger partial charge >= 0.3 is 0 Å². The highest BCUT2D eigenvalue weighted by atomic mass is 32.2. The van der Waals surface area contributed by atoms with Gasteiger partial charge < -0.3 is 19.1 Å². The predicted octanol–water partition coefficient (Wildman–Crippen LogP) is 4.26. The first-order valence-corrected chi connectivity index (χ1v) is 12.9. The Morgan fingerprint density at radius 1 is 0.889 bits per heavy atom. The van der Waals surface area contributed by atoms with E-state index < -0.39 is 10.0 Å². The molecule has 0 aliphatic rings. The summed E-state index contributed by atoms with van der Waals surface area (Å²) < 4.78 is 44.5. The van der Waals surface area contributed by atoms with E-state index in [4.69, 9.17) is 14.2 Å². The number of anilines is 1. The van der Waals surface area contributed by atoms with Crippen LogP contribution in [0.2, 0.25) is 0 Å². The number of carbonyl (C=O) groups is 1. The Morgan fingerprint density at radius 2 is 1.53 bits per heavy atom. The molecule has 0 unspecified atom stereocenters. The van der Waals surface area contributed by atoms with E-state index in [1.165, 1.54) is 17.0 Å². The minimum atomic E-state index is -4.03. The molecule has 192 valence electrons. The molecule has 8 nitrogen and oxygen atoms in total. The van der Waals surface area contributed by atoms with Crippen LogP contribution in [0, 0.1) is 6.92 Å². The van der Waals surface area contributed by atoms with Gasteiger partial charge in [0, 0.05) is 13.6 Å². The lowest BCUT2D eigenvalue weighted by molar-refractivity contribution is -0.128. The lowest BCUT2D eigenvalue weighted by Gasteiger charge is -2.27. The number of amides is 1. The number of carbonyl (C=O) groups excluding carboxylic acids is 1. The number of methoxy groups -OCH3 is 2. The zero-order chi connectivity index (χ0) is 26.3. The van der Waals surface area contributed by atoms with Crippen molar-refractivity contribution in [3.63, 3.8) is 0 Å². The average molecular weight is 513 g/mol. The largest absolute Gasteiger partial charge is 0.494 e.